The third-order valence-corrected chi connectivity index (χ3v) is 2.32. The highest BCUT2D eigenvalue weighted by Crippen LogP contribution is 2.23. The van der Waals surface area contributed by atoms with Gasteiger partial charge in [0.15, 0.2) is 0 Å². The quantitative estimate of drug-likeness (QED) is 0.290. The molecule has 4 heteroatoms. The van der Waals surface area contributed by atoms with Crippen LogP contribution in [0.25, 0.3) is 0 Å². The number of carbonyl (C=O) groups is 2. The zero-order valence-corrected chi connectivity index (χ0v) is 10.4. The first-order chi connectivity index (χ1) is 7.32. The average Bonchev–Trinajstić information content (AvgIpc) is 2.16. The van der Waals surface area contributed by atoms with Gasteiger partial charge in [-0.3, -0.25) is 4.79 Å². The number of carbonyl (C=O) groups excluding carboxylic acids is 2. The summed E-state index contributed by atoms with van der Waals surface area (Å²) in [6.07, 6.45) is 1.77. The van der Waals surface area contributed by atoms with Crippen molar-refractivity contribution in [2.24, 2.45) is 5.92 Å². The maximum atomic E-state index is 11.4. The second-order valence-corrected chi connectivity index (χ2v) is 4.50. The lowest BCUT2D eigenvalue weighted by Gasteiger charge is -2.27. The number of rotatable bonds is 7. The van der Waals surface area contributed by atoms with Crippen molar-refractivity contribution in [2.45, 2.75) is 46.1 Å². The van der Waals surface area contributed by atoms with Crippen LogP contribution >= 0.6 is 0 Å². The van der Waals surface area contributed by atoms with Crippen LogP contribution in [0.1, 0.15) is 40.5 Å². The fourth-order valence-electron chi connectivity index (χ4n) is 1.44. The van der Waals surface area contributed by atoms with Crippen LogP contribution in [0.3, 0.4) is 0 Å². The van der Waals surface area contributed by atoms with Gasteiger partial charge >= 0.3 is 5.97 Å². The summed E-state index contributed by atoms with van der Waals surface area (Å²) in [6, 6.07) is 0. The van der Waals surface area contributed by atoms with Crippen molar-refractivity contribution >= 4 is 12.4 Å². The molecule has 4 nitrogen and oxygen atoms in total. The Labute approximate surface area is 96.6 Å². The molecule has 0 rings (SSSR count). The Balaban J connectivity index is 4.29. The van der Waals surface area contributed by atoms with Gasteiger partial charge in [-0.2, -0.15) is 0 Å². The third-order valence-electron chi connectivity index (χ3n) is 2.32. The third kappa shape index (κ3) is 5.53. The fraction of sp³-hybridized carbons (Fsp3) is 0.667. The van der Waals surface area contributed by atoms with Crippen LogP contribution in [0.4, 0.5) is 0 Å². The van der Waals surface area contributed by atoms with Crippen molar-refractivity contribution in [3.8, 4) is 0 Å². The average molecular weight is 228 g/mol. The Hall–Kier alpha value is -1.32. The van der Waals surface area contributed by atoms with Crippen LogP contribution in [0.2, 0.25) is 0 Å². The molecule has 92 valence electrons. The Morgan fingerprint density at radius 1 is 1.50 bits per heavy atom. The number of esters is 1. The Bertz CT molecular complexity index is 268. The van der Waals surface area contributed by atoms with Crippen LogP contribution in [0.15, 0.2) is 12.3 Å². The first-order valence-corrected chi connectivity index (χ1v) is 5.35. The molecule has 0 aromatic rings. The molecule has 0 heterocycles. The van der Waals surface area contributed by atoms with Gasteiger partial charge in [-0.1, -0.05) is 20.3 Å². The zero-order valence-electron chi connectivity index (χ0n) is 10.4. The summed E-state index contributed by atoms with van der Waals surface area (Å²) in [4.78, 5) is 21.4. The van der Waals surface area contributed by atoms with Gasteiger partial charge in [0, 0.05) is 0 Å². The molecule has 0 N–H and O–H groups in total. The van der Waals surface area contributed by atoms with Crippen molar-refractivity contribution in [1.29, 1.82) is 0 Å². The van der Waals surface area contributed by atoms with Gasteiger partial charge in [-0.15, -0.1) is 0 Å². The number of hydrogen-bond acceptors (Lipinski definition) is 4. The summed E-state index contributed by atoms with van der Waals surface area (Å²) < 4.78 is 9.53. The minimum atomic E-state index is -0.694. The highest BCUT2D eigenvalue weighted by atomic mass is 16.6. The van der Waals surface area contributed by atoms with E-state index in [4.69, 9.17) is 4.74 Å². The largest absolute Gasteiger partial charge is 0.454 e. The van der Waals surface area contributed by atoms with Gasteiger partial charge in [-0.05, 0) is 32.8 Å². The second-order valence-electron chi connectivity index (χ2n) is 4.50. The molecule has 0 aliphatic heterocycles. The van der Waals surface area contributed by atoms with E-state index >= 15 is 0 Å². The molecular formula is C12H20O4. The molecule has 0 radical (unpaired) electrons. The topological polar surface area (TPSA) is 52.6 Å². The maximum absolute atomic E-state index is 11.4. The lowest BCUT2D eigenvalue weighted by molar-refractivity contribution is -0.158. The summed E-state index contributed by atoms with van der Waals surface area (Å²) in [5.41, 5.74) is -0.582. The minimum absolute atomic E-state index is 0.158. The number of ether oxygens (including phenoxy) is 2. The van der Waals surface area contributed by atoms with E-state index in [0.717, 1.165) is 12.8 Å². The molecule has 0 aliphatic rings. The zero-order chi connectivity index (χ0) is 12.8. The molecule has 16 heavy (non-hydrogen) atoms. The molecule has 0 aromatic heterocycles. The standard InChI is InChI=1S/C12H20O4/c1-6-9(2)7-12(4,5)16-11(14)10(3)15-8-13/h8-9H,3,6-7H2,1-2,4-5H3. The normalized spacial score (nSPS) is 12.8. The molecule has 0 spiro atoms. The summed E-state index contributed by atoms with van der Waals surface area (Å²) >= 11 is 0. The highest BCUT2D eigenvalue weighted by Gasteiger charge is 2.26. The monoisotopic (exact) mass is 228 g/mol. The first kappa shape index (κ1) is 14.7. The molecule has 1 unspecified atom stereocenters. The lowest BCUT2D eigenvalue weighted by atomic mass is 9.93. The van der Waals surface area contributed by atoms with E-state index in [-0.39, 0.29) is 12.2 Å². The molecule has 0 amide bonds. The highest BCUT2D eigenvalue weighted by molar-refractivity contribution is 5.87. The van der Waals surface area contributed by atoms with Crippen LogP contribution in [-0.2, 0) is 19.1 Å². The van der Waals surface area contributed by atoms with Gasteiger partial charge in [0.2, 0.25) is 5.76 Å². The van der Waals surface area contributed by atoms with E-state index in [2.05, 4.69) is 25.2 Å². The van der Waals surface area contributed by atoms with Crippen LogP contribution in [0.5, 0.6) is 0 Å². The fourth-order valence-corrected chi connectivity index (χ4v) is 1.44. The molecule has 1 atom stereocenters. The minimum Gasteiger partial charge on any atom is -0.454 e. The van der Waals surface area contributed by atoms with E-state index in [1.165, 1.54) is 0 Å². The second kappa shape index (κ2) is 6.30. The van der Waals surface area contributed by atoms with Crippen molar-refractivity contribution < 1.29 is 19.1 Å². The van der Waals surface area contributed by atoms with E-state index < -0.39 is 11.6 Å². The summed E-state index contributed by atoms with van der Waals surface area (Å²) in [7, 11) is 0. The van der Waals surface area contributed by atoms with Gasteiger partial charge < -0.3 is 9.47 Å². The molecular weight excluding hydrogens is 208 g/mol. The van der Waals surface area contributed by atoms with Crippen LogP contribution < -0.4 is 0 Å². The van der Waals surface area contributed by atoms with Gasteiger partial charge in [0.25, 0.3) is 6.47 Å². The maximum Gasteiger partial charge on any atom is 0.374 e. The molecule has 0 saturated carbocycles. The summed E-state index contributed by atoms with van der Waals surface area (Å²) in [6.45, 7) is 11.3. The van der Waals surface area contributed by atoms with Crippen molar-refractivity contribution in [2.75, 3.05) is 0 Å². The summed E-state index contributed by atoms with van der Waals surface area (Å²) in [5.74, 6) is -0.518. The van der Waals surface area contributed by atoms with Gasteiger partial charge in [0.1, 0.15) is 5.60 Å². The Morgan fingerprint density at radius 3 is 2.50 bits per heavy atom. The Kier molecular flexibility index (Phi) is 5.78. The van der Waals surface area contributed by atoms with Crippen molar-refractivity contribution in [3.63, 3.8) is 0 Å². The smallest absolute Gasteiger partial charge is 0.374 e. The molecule has 0 bridgehead atoms. The molecule has 0 aromatic carbocycles. The van der Waals surface area contributed by atoms with E-state index in [0.29, 0.717) is 5.92 Å². The van der Waals surface area contributed by atoms with Gasteiger partial charge in [-0.25, -0.2) is 4.79 Å². The summed E-state index contributed by atoms with van der Waals surface area (Å²) in [5, 5.41) is 0. The van der Waals surface area contributed by atoms with Crippen molar-refractivity contribution in [3.05, 3.63) is 12.3 Å². The molecule has 0 fully saturated rings. The predicted molar refractivity (Wildman–Crippen MR) is 60.5 cm³/mol. The van der Waals surface area contributed by atoms with E-state index in [1.54, 1.807) is 0 Å². The van der Waals surface area contributed by atoms with Gasteiger partial charge in [0.05, 0.1) is 0 Å². The Morgan fingerprint density at radius 2 is 2.06 bits per heavy atom. The number of hydrogen-bond donors (Lipinski definition) is 0. The molecule has 0 saturated heterocycles. The first-order valence-electron chi connectivity index (χ1n) is 5.35. The van der Waals surface area contributed by atoms with Crippen LogP contribution in [-0.4, -0.2) is 18.0 Å². The molecule has 0 aliphatic carbocycles. The van der Waals surface area contributed by atoms with E-state index in [9.17, 15) is 9.59 Å². The lowest BCUT2D eigenvalue weighted by Crippen LogP contribution is -2.31. The van der Waals surface area contributed by atoms with Crippen LogP contribution in [0, 0.1) is 5.92 Å². The van der Waals surface area contributed by atoms with Crippen molar-refractivity contribution in [1.82, 2.24) is 0 Å². The SMILES string of the molecule is C=C(OC=O)C(=O)OC(C)(C)CC(C)CC. The predicted octanol–water partition coefficient (Wildman–Crippen LogP) is 2.43. The van der Waals surface area contributed by atoms with E-state index in [1.807, 2.05) is 13.8 Å².